The number of amides is 1. The van der Waals surface area contributed by atoms with Gasteiger partial charge in [-0.25, -0.2) is 8.42 Å². The monoisotopic (exact) mass is 486 g/mol. The molecule has 0 aliphatic rings. The van der Waals surface area contributed by atoms with Gasteiger partial charge in [-0.3, -0.25) is 9.52 Å². The van der Waals surface area contributed by atoms with Gasteiger partial charge in [0.2, 0.25) is 5.75 Å². The highest BCUT2D eigenvalue weighted by Crippen LogP contribution is 2.38. The van der Waals surface area contributed by atoms with Gasteiger partial charge in [0.25, 0.3) is 15.9 Å². The molecule has 0 aromatic heterocycles. The molecule has 0 fully saturated rings. The van der Waals surface area contributed by atoms with E-state index in [4.69, 9.17) is 18.9 Å². The standard InChI is InChI=1S/C24H26N2O7S/c1-30-20-8-6-5-7-19(20)26-34(28,29)18-11-9-17(10-12-18)24(27)25-15-16-13-21(31-2)23(33-4)22(14-16)32-3/h5-14,26H,15H2,1-4H3,(H,25,27). The molecule has 34 heavy (non-hydrogen) atoms. The van der Waals surface area contributed by atoms with Gasteiger partial charge in [0.05, 0.1) is 39.0 Å². The Labute approximate surface area is 198 Å². The number of rotatable bonds is 10. The van der Waals surface area contributed by atoms with Gasteiger partial charge in [0, 0.05) is 12.1 Å². The maximum atomic E-state index is 12.7. The van der Waals surface area contributed by atoms with Crippen LogP contribution in [0.4, 0.5) is 5.69 Å². The molecule has 0 aliphatic heterocycles. The molecule has 3 rings (SSSR count). The van der Waals surface area contributed by atoms with Crippen LogP contribution in [0.5, 0.6) is 23.0 Å². The SMILES string of the molecule is COc1ccccc1NS(=O)(=O)c1ccc(C(=O)NCc2cc(OC)c(OC)c(OC)c2)cc1. The first-order chi connectivity index (χ1) is 16.3. The van der Waals surface area contributed by atoms with Gasteiger partial charge < -0.3 is 24.3 Å². The van der Waals surface area contributed by atoms with E-state index < -0.39 is 10.0 Å². The minimum absolute atomic E-state index is 0.0135. The lowest BCUT2D eigenvalue weighted by molar-refractivity contribution is 0.0950. The van der Waals surface area contributed by atoms with Crippen molar-refractivity contribution >= 4 is 21.6 Å². The Bertz CT molecular complexity index is 1230. The molecule has 0 bridgehead atoms. The first kappa shape index (κ1) is 24.7. The Morgan fingerprint density at radius 3 is 1.94 bits per heavy atom. The third-order valence-electron chi connectivity index (χ3n) is 4.96. The molecule has 0 aliphatic carbocycles. The number of benzene rings is 3. The molecule has 3 aromatic rings. The molecule has 0 unspecified atom stereocenters. The molecule has 3 aromatic carbocycles. The predicted molar refractivity (Wildman–Crippen MR) is 128 cm³/mol. The Balaban J connectivity index is 1.71. The minimum Gasteiger partial charge on any atom is -0.495 e. The van der Waals surface area contributed by atoms with E-state index in [9.17, 15) is 13.2 Å². The number of ether oxygens (including phenoxy) is 4. The van der Waals surface area contributed by atoms with Crippen LogP contribution in [0.15, 0.2) is 65.6 Å². The summed E-state index contributed by atoms with van der Waals surface area (Å²) in [5.41, 5.74) is 1.36. The molecule has 180 valence electrons. The average molecular weight is 487 g/mol. The van der Waals surface area contributed by atoms with E-state index >= 15 is 0 Å². The number of nitrogens with one attached hydrogen (secondary N) is 2. The van der Waals surface area contributed by atoms with E-state index in [2.05, 4.69) is 10.0 Å². The summed E-state index contributed by atoms with van der Waals surface area (Å²) < 4.78 is 49.1. The van der Waals surface area contributed by atoms with Gasteiger partial charge in [-0.05, 0) is 54.1 Å². The minimum atomic E-state index is -3.87. The Hall–Kier alpha value is -3.92. The number of carbonyl (C=O) groups is 1. The summed E-state index contributed by atoms with van der Waals surface area (Å²) in [5, 5.41) is 2.80. The lowest BCUT2D eigenvalue weighted by atomic mass is 10.1. The van der Waals surface area contributed by atoms with Gasteiger partial charge in [-0.1, -0.05) is 12.1 Å². The van der Waals surface area contributed by atoms with Crippen molar-refractivity contribution < 1.29 is 32.2 Å². The van der Waals surface area contributed by atoms with E-state index in [1.54, 1.807) is 36.4 Å². The fourth-order valence-corrected chi connectivity index (χ4v) is 4.31. The predicted octanol–water partition coefficient (Wildman–Crippen LogP) is 3.45. The van der Waals surface area contributed by atoms with Crippen molar-refractivity contribution in [2.45, 2.75) is 11.4 Å². The highest BCUT2D eigenvalue weighted by Gasteiger charge is 2.18. The van der Waals surface area contributed by atoms with E-state index in [0.717, 1.165) is 5.56 Å². The molecule has 0 spiro atoms. The van der Waals surface area contributed by atoms with Crippen molar-refractivity contribution in [1.82, 2.24) is 5.32 Å². The molecule has 0 radical (unpaired) electrons. The van der Waals surface area contributed by atoms with Crippen LogP contribution in [-0.4, -0.2) is 42.8 Å². The third-order valence-corrected chi connectivity index (χ3v) is 6.34. The number of hydrogen-bond acceptors (Lipinski definition) is 7. The number of para-hydroxylation sites is 2. The normalized spacial score (nSPS) is 10.8. The van der Waals surface area contributed by atoms with Crippen molar-refractivity contribution in [3.8, 4) is 23.0 Å². The molecule has 10 heteroatoms. The number of sulfonamides is 1. The zero-order valence-electron chi connectivity index (χ0n) is 19.2. The molecule has 9 nitrogen and oxygen atoms in total. The van der Waals surface area contributed by atoms with Crippen LogP contribution in [-0.2, 0) is 16.6 Å². The van der Waals surface area contributed by atoms with Gasteiger partial charge in [0.1, 0.15) is 5.75 Å². The maximum Gasteiger partial charge on any atom is 0.262 e. The van der Waals surface area contributed by atoms with Gasteiger partial charge in [0.15, 0.2) is 11.5 Å². The molecule has 0 saturated heterocycles. The molecule has 0 heterocycles. The van der Waals surface area contributed by atoms with Crippen molar-refractivity contribution in [1.29, 1.82) is 0 Å². The smallest absolute Gasteiger partial charge is 0.262 e. The largest absolute Gasteiger partial charge is 0.495 e. The van der Waals surface area contributed by atoms with Crippen LogP contribution in [0.2, 0.25) is 0 Å². The summed E-state index contributed by atoms with van der Waals surface area (Å²) in [4.78, 5) is 12.6. The maximum absolute atomic E-state index is 12.7. The number of anilines is 1. The van der Waals surface area contributed by atoms with Crippen LogP contribution in [0, 0.1) is 0 Å². The van der Waals surface area contributed by atoms with Crippen molar-refractivity contribution in [3.63, 3.8) is 0 Å². The van der Waals surface area contributed by atoms with Crippen LogP contribution in [0.3, 0.4) is 0 Å². The fourth-order valence-electron chi connectivity index (χ4n) is 3.24. The highest BCUT2D eigenvalue weighted by molar-refractivity contribution is 7.92. The Morgan fingerprint density at radius 2 is 1.38 bits per heavy atom. The summed E-state index contributed by atoms with van der Waals surface area (Å²) >= 11 is 0. The molecule has 0 atom stereocenters. The fraction of sp³-hybridized carbons (Fsp3) is 0.208. The lowest BCUT2D eigenvalue weighted by Crippen LogP contribution is -2.23. The van der Waals surface area contributed by atoms with Crippen LogP contribution in [0.1, 0.15) is 15.9 Å². The van der Waals surface area contributed by atoms with Crippen LogP contribution in [0.25, 0.3) is 0 Å². The molecule has 1 amide bonds. The van der Waals surface area contributed by atoms with Gasteiger partial charge in [-0.15, -0.1) is 0 Å². The zero-order valence-corrected chi connectivity index (χ0v) is 20.1. The summed E-state index contributed by atoms with van der Waals surface area (Å²) in [6.45, 7) is 0.199. The molecule has 0 saturated carbocycles. The third kappa shape index (κ3) is 5.52. The molecular formula is C24H26N2O7S. The van der Waals surface area contributed by atoms with E-state index in [0.29, 0.717) is 34.2 Å². The second-order valence-electron chi connectivity index (χ2n) is 7.05. The van der Waals surface area contributed by atoms with Gasteiger partial charge in [-0.2, -0.15) is 0 Å². The quantitative estimate of drug-likeness (QED) is 0.451. The number of methoxy groups -OCH3 is 4. The second kappa shape index (κ2) is 10.8. The van der Waals surface area contributed by atoms with E-state index in [1.165, 1.54) is 52.7 Å². The first-order valence-electron chi connectivity index (χ1n) is 10.2. The summed E-state index contributed by atoms with van der Waals surface area (Å²) in [7, 11) is 2.13. The van der Waals surface area contributed by atoms with Crippen molar-refractivity contribution in [3.05, 3.63) is 71.8 Å². The molecular weight excluding hydrogens is 460 g/mol. The van der Waals surface area contributed by atoms with Crippen LogP contribution >= 0.6 is 0 Å². The first-order valence-corrected chi connectivity index (χ1v) is 11.6. The Kier molecular flexibility index (Phi) is 7.85. The zero-order chi connectivity index (χ0) is 24.7. The summed E-state index contributed by atoms with van der Waals surface area (Å²) in [6.07, 6.45) is 0. The summed E-state index contributed by atoms with van der Waals surface area (Å²) in [5.74, 6) is 1.44. The number of hydrogen-bond donors (Lipinski definition) is 2. The van der Waals surface area contributed by atoms with E-state index in [-0.39, 0.29) is 17.3 Å². The summed E-state index contributed by atoms with van der Waals surface area (Å²) in [6, 6.07) is 15.8. The number of carbonyl (C=O) groups excluding carboxylic acids is 1. The highest BCUT2D eigenvalue weighted by atomic mass is 32.2. The topological polar surface area (TPSA) is 112 Å². The van der Waals surface area contributed by atoms with Crippen LogP contribution < -0.4 is 29.0 Å². The Morgan fingerprint density at radius 1 is 0.794 bits per heavy atom. The average Bonchev–Trinajstić information content (AvgIpc) is 2.86. The lowest BCUT2D eigenvalue weighted by Gasteiger charge is -2.14. The van der Waals surface area contributed by atoms with Crippen molar-refractivity contribution in [2.75, 3.05) is 33.2 Å². The van der Waals surface area contributed by atoms with Crippen molar-refractivity contribution in [2.24, 2.45) is 0 Å². The molecule has 2 N–H and O–H groups in total. The van der Waals surface area contributed by atoms with Gasteiger partial charge >= 0.3 is 0 Å². The van der Waals surface area contributed by atoms with E-state index in [1.807, 2.05) is 0 Å². The second-order valence-corrected chi connectivity index (χ2v) is 8.73.